The Labute approximate surface area is 128 Å². The summed E-state index contributed by atoms with van der Waals surface area (Å²) in [5.41, 5.74) is 4.99. The number of benzene rings is 1. The minimum atomic E-state index is -0.939. The first-order valence-electron chi connectivity index (χ1n) is 6.85. The highest BCUT2D eigenvalue weighted by molar-refractivity contribution is 5.93. The van der Waals surface area contributed by atoms with Gasteiger partial charge in [-0.15, -0.1) is 0 Å². The van der Waals surface area contributed by atoms with Crippen molar-refractivity contribution in [2.24, 2.45) is 0 Å². The summed E-state index contributed by atoms with van der Waals surface area (Å²) in [6.07, 6.45) is 6.81. The molecular formula is C18H14N2O2. The summed E-state index contributed by atoms with van der Waals surface area (Å²) in [5, 5.41) is 9.39. The summed E-state index contributed by atoms with van der Waals surface area (Å²) in [6.45, 7) is 2.00. The van der Waals surface area contributed by atoms with E-state index in [0.717, 1.165) is 27.8 Å². The van der Waals surface area contributed by atoms with Gasteiger partial charge in [-0.1, -0.05) is 0 Å². The smallest absolute Gasteiger partial charge is 0.335 e. The molecule has 0 saturated carbocycles. The fourth-order valence-electron chi connectivity index (χ4n) is 2.50. The van der Waals surface area contributed by atoms with Crippen LogP contribution in [0, 0.1) is 6.92 Å². The quantitative estimate of drug-likeness (QED) is 0.796. The van der Waals surface area contributed by atoms with Crippen molar-refractivity contribution in [3.63, 3.8) is 0 Å². The van der Waals surface area contributed by atoms with Crippen LogP contribution in [0.1, 0.15) is 15.9 Å². The minimum absolute atomic E-state index is 0.268. The number of nitrogens with zero attached hydrogens (tertiary/aromatic N) is 2. The lowest BCUT2D eigenvalue weighted by Crippen LogP contribution is -2.00. The number of hydrogen-bond acceptors (Lipinski definition) is 3. The zero-order chi connectivity index (χ0) is 15.5. The van der Waals surface area contributed by atoms with Gasteiger partial charge in [0, 0.05) is 24.8 Å². The predicted molar refractivity (Wildman–Crippen MR) is 84.6 cm³/mol. The molecule has 1 N–H and O–H groups in total. The van der Waals surface area contributed by atoms with Crippen LogP contribution in [0.15, 0.2) is 61.2 Å². The van der Waals surface area contributed by atoms with E-state index in [2.05, 4.69) is 9.97 Å². The van der Waals surface area contributed by atoms with Crippen molar-refractivity contribution in [3.8, 4) is 22.3 Å². The summed E-state index contributed by atoms with van der Waals surface area (Å²) in [6, 6.07) is 10.9. The highest BCUT2D eigenvalue weighted by Crippen LogP contribution is 2.33. The van der Waals surface area contributed by atoms with Gasteiger partial charge in [0.1, 0.15) is 0 Å². The second-order valence-corrected chi connectivity index (χ2v) is 4.97. The number of hydrogen-bond donors (Lipinski definition) is 1. The highest BCUT2D eigenvalue weighted by atomic mass is 16.4. The number of aromatic carboxylic acids is 1. The van der Waals surface area contributed by atoms with Gasteiger partial charge in [0.25, 0.3) is 0 Å². The molecule has 0 aliphatic carbocycles. The van der Waals surface area contributed by atoms with E-state index >= 15 is 0 Å². The maximum absolute atomic E-state index is 11.5. The molecule has 2 heterocycles. The van der Waals surface area contributed by atoms with Crippen molar-refractivity contribution < 1.29 is 9.90 Å². The lowest BCUT2D eigenvalue weighted by molar-refractivity contribution is 0.0697. The van der Waals surface area contributed by atoms with E-state index in [1.54, 1.807) is 36.9 Å². The maximum atomic E-state index is 11.5. The molecule has 3 rings (SSSR count). The van der Waals surface area contributed by atoms with Crippen LogP contribution in [0.3, 0.4) is 0 Å². The average molecular weight is 290 g/mol. The lowest BCUT2D eigenvalue weighted by atomic mass is 9.91. The average Bonchev–Trinajstić information content (AvgIpc) is 2.56. The molecule has 3 aromatic rings. The molecule has 22 heavy (non-hydrogen) atoms. The molecule has 2 aromatic heterocycles. The topological polar surface area (TPSA) is 63.1 Å². The van der Waals surface area contributed by atoms with Gasteiger partial charge in [-0.2, -0.15) is 0 Å². The first-order chi connectivity index (χ1) is 10.7. The predicted octanol–water partition coefficient (Wildman–Crippen LogP) is 3.82. The number of pyridine rings is 2. The number of aromatic nitrogens is 2. The van der Waals surface area contributed by atoms with Crippen molar-refractivity contribution in [1.82, 2.24) is 9.97 Å². The van der Waals surface area contributed by atoms with Gasteiger partial charge < -0.3 is 5.11 Å². The molecule has 1 aromatic carbocycles. The molecule has 0 unspecified atom stereocenters. The van der Waals surface area contributed by atoms with Crippen molar-refractivity contribution >= 4 is 5.97 Å². The van der Waals surface area contributed by atoms with Crippen LogP contribution < -0.4 is 0 Å². The van der Waals surface area contributed by atoms with E-state index in [0.29, 0.717) is 0 Å². The van der Waals surface area contributed by atoms with Crippen molar-refractivity contribution in [2.45, 2.75) is 6.92 Å². The third kappa shape index (κ3) is 2.59. The van der Waals surface area contributed by atoms with Crippen LogP contribution in [-0.2, 0) is 0 Å². The maximum Gasteiger partial charge on any atom is 0.335 e. The fraction of sp³-hybridized carbons (Fsp3) is 0.0556. The van der Waals surface area contributed by atoms with Crippen molar-refractivity contribution in [2.75, 3.05) is 0 Å². The van der Waals surface area contributed by atoms with Crippen LogP contribution in [0.4, 0.5) is 0 Å². The molecule has 0 amide bonds. The van der Waals surface area contributed by atoms with Gasteiger partial charge in [-0.25, -0.2) is 4.79 Å². The third-order valence-corrected chi connectivity index (χ3v) is 3.64. The molecule has 108 valence electrons. The number of carboxylic acid groups (broad SMARTS) is 1. The SMILES string of the molecule is Cc1c(-c2ccncc2)cc(C(=O)O)cc1-c1ccncc1. The molecule has 0 radical (unpaired) electrons. The Morgan fingerprint density at radius 1 is 0.864 bits per heavy atom. The van der Waals surface area contributed by atoms with E-state index in [1.807, 2.05) is 31.2 Å². The Kier molecular flexibility index (Phi) is 3.66. The minimum Gasteiger partial charge on any atom is -0.478 e. The molecule has 4 heteroatoms. The Bertz CT molecular complexity index is 755. The van der Waals surface area contributed by atoms with E-state index < -0.39 is 5.97 Å². The van der Waals surface area contributed by atoms with Crippen LogP contribution in [0.5, 0.6) is 0 Å². The molecule has 0 spiro atoms. The third-order valence-electron chi connectivity index (χ3n) is 3.64. The molecular weight excluding hydrogens is 276 g/mol. The number of carboxylic acids is 1. The van der Waals surface area contributed by atoms with E-state index in [-0.39, 0.29) is 5.56 Å². The van der Waals surface area contributed by atoms with Gasteiger partial charge in [0.15, 0.2) is 0 Å². The largest absolute Gasteiger partial charge is 0.478 e. The summed E-state index contributed by atoms with van der Waals surface area (Å²) >= 11 is 0. The zero-order valence-electron chi connectivity index (χ0n) is 12.0. The van der Waals surface area contributed by atoms with Crippen LogP contribution in [0.25, 0.3) is 22.3 Å². The monoisotopic (exact) mass is 290 g/mol. The summed E-state index contributed by atoms with van der Waals surface area (Å²) < 4.78 is 0. The standard InChI is InChI=1S/C18H14N2O2/c1-12-16(13-2-6-19-7-3-13)10-15(18(21)22)11-17(12)14-4-8-20-9-5-14/h2-11H,1H3,(H,21,22). The lowest BCUT2D eigenvalue weighted by Gasteiger charge is -2.13. The van der Waals surface area contributed by atoms with Gasteiger partial charge >= 0.3 is 5.97 Å². The second kappa shape index (κ2) is 5.77. The molecule has 0 bridgehead atoms. The Balaban J connectivity index is 2.27. The van der Waals surface area contributed by atoms with E-state index in [4.69, 9.17) is 0 Å². The van der Waals surface area contributed by atoms with Crippen LogP contribution in [0.2, 0.25) is 0 Å². The first-order valence-corrected chi connectivity index (χ1v) is 6.85. The molecule has 0 atom stereocenters. The summed E-state index contributed by atoms with van der Waals surface area (Å²) in [5.74, 6) is -0.939. The van der Waals surface area contributed by atoms with E-state index in [9.17, 15) is 9.90 Å². The molecule has 4 nitrogen and oxygen atoms in total. The molecule has 0 fully saturated rings. The van der Waals surface area contributed by atoms with Crippen molar-refractivity contribution in [1.29, 1.82) is 0 Å². The number of rotatable bonds is 3. The molecule has 0 saturated heterocycles. The normalized spacial score (nSPS) is 10.4. The first kappa shape index (κ1) is 13.9. The summed E-state index contributed by atoms with van der Waals surface area (Å²) in [4.78, 5) is 19.5. The highest BCUT2D eigenvalue weighted by Gasteiger charge is 2.14. The Morgan fingerprint density at radius 3 is 1.64 bits per heavy atom. The van der Waals surface area contributed by atoms with Crippen LogP contribution >= 0.6 is 0 Å². The van der Waals surface area contributed by atoms with Crippen LogP contribution in [-0.4, -0.2) is 21.0 Å². The van der Waals surface area contributed by atoms with Gasteiger partial charge in [0.2, 0.25) is 0 Å². The molecule has 0 aliphatic heterocycles. The zero-order valence-corrected chi connectivity index (χ0v) is 12.0. The van der Waals surface area contributed by atoms with Gasteiger partial charge in [-0.3, -0.25) is 9.97 Å². The van der Waals surface area contributed by atoms with Crippen molar-refractivity contribution in [3.05, 3.63) is 72.3 Å². The van der Waals surface area contributed by atoms with E-state index in [1.165, 1.54) is 0 Å². The Hall–Kier alpha value is -3.01. The van der Waals surface area contributed by atoms with Gasteiger partial charge in [0.05, 0.1) is 5.56 Å². The molecule has 0 aliphatic rings. The summed E-state index contributed by atoms with van der Waals surface area (Å²) in [7, 11) is 0. The number of carbonyl (C=O) groups is 1. The van der Waals surface area contributed by atoms with Gasteiger partial charge in [-0.05, 0) is 71.1 Å². The second-order valence-electron chi connectivity index (χ2n) is 4.97. The Morgan fingerprint density at radius 2 is 1.27 bits per heavy atom. The fourth-order valence-corrected chi connectivity index (χ4v) is 2.50.